The van der Waals surface area contributed by atoms with E-state index in [0.29, 0.717) is 26.1 Å². The molecule has 0 radical (unpaired) electrons. The summed E-state index contributed by atoms with van der Waals surface area (Å²) in [6, 6.07) is 0. The molecule has 2 amide bonds. The van der Waals surface area contributed by atoms with Crippen molar-refractivity contribution in [2.75, 3.05) is 33.9 Å². The third kappa shape index (κ3) is 7.17. The number of esters is 1. The van der Waals surface area contributed by atoms with E-state index < -0.39 is 11.3 Å². The number of hydrogen-bond acceptors (Lipinski definition) is 6. The largest absolute Gasteiger partial charge is 0.468 e. The van der Waals surface area contributed by atoms with Gasteiger partial charge in [0.2, 0.25) is 11.8 Å². The number of likely N-dealkylation sites (tertiary alicyclic amines) is 1. The van der Waals surface area contributed by atoms with Gasteiger partial charge < -0.3 is 24.4 Å². The van der Waals surface area contributed by atoms with Crippen molar-refractivity contribution in [2.45, 2.75) is 104 Å². The number of fused-ring (bicyclic) bond motifs is 1. The molecule has 38 heavy (non-hydrogen) atoms. The Morgan fingerprint density at radius 3 is 2.47 bits per heavy atom. The fourth-order valence-corrected chi connectivity index (χ4v) is 6.07. The van der Waals surface area contributed by atoms with E-state index in [1.54, 1.807) is 7.11 Å². The third-order valence-corrected chi connectivity index (χ3v) is 8.31. The van der Waals surface area contributed by atoms with Crippen LogP contribution < -0.4 is 5.32 Å². The standard InChI is InChI=1S/C30H50N2O6/c1-6-7-8-9-10-11-16-32-25-19-24(21(2)3)38-27(22-13-14-22)30(25,29(35)37-5)20-23(28(32)34)18-26(33)31-15-12-17-36-4/h19,21-24,27H,6-18,20H2,1-5H3,(H,31,33)/t23-,24+,27+,30+/m0/s1. The van der Waals surface area contributed by atoms with E-state index in [9.17, 15) is 14.4 Å². The molecule has 0 unspecified atom stereocenters. The molecule has 8 nitrogen and oxygen atoms in total. The quantitative estimate of drug-likeness (QED) is 0.230. The van der Waals surface area contributed by atoms with Crippen LogP contribution in [0.3, 0.4) is 0 Å². The molecule has 2 heterocycles. The molecule has 0 spiro atoms. The fraction of sp³-hybridized carbons (Fsp3) is 0.833. The van der Waals surface area contributed by atoms with Gasteiger partial charge in [0.25, 0.3) is 0 Å². The molecule has 0 aromatic heterocycles. The van der Waals surface area contributed by atoms with Crippen molar-refractivity contribution in [3.05, 3.63) is 11.8 Å². The number of methoxy groups -OCH3 is 2. The Balaban J connectivity index is 1.91. The lowest BCUT2D eigenvalue weighted by molar-refractivity contribution is -0.182. The number of ether oxygens (including phenoxy) is 3. The molecule has 1 N–H and O–H groups in total. The molecule has 0 aromatic carbocycles. The van der Waals surface area contributed by atoms with E-state index in [1.807, 2.05) is 11.0 Å². The zero-order chi connectivity index (χ0) is 27.7. The van der Waals surface area contributed by atoms with Crippen molar-refractivity contribution in [3.63, 3.8) is 0 Å². The maximum Gasteiger partial charge on any atom is 0.320 e. The topological polar surface area (TPSA) is 94.2 Å². The lowest BCUT2D eigenvalue weighted by Gasteiger charge is -2.53. The molecule has 216 valence electrons. The van der Waals surface area contributed by atoms with Crippen molar-refractivity contribution in [1.29, 1.82) is 0 Å². The van der Waals surface area contributed by atoms with Crippen LogP contribution in [0, 0.1) is 23.2 Å². The molecule has 8 heteroatoms. The number of hydrogen-bond donors (Lipinski definition) is 1. The van der Waals surface area contributed by atoms with Gasteiger partial charge >= 0.3 is 5.97 Å². The Bertz CT molecular complexity index is 839. The summed E-state index contributed by atoms with van der Waals surface area (Å²) >= 11 is 0. The summed E-state index contributed by atoms with van der Waals surface area (Å²) in [5, 5.41) is 2.92. The second-order valence-electron chi connectivity index (χ2n) is 11.7. The molecule has 4 atom stereocenters. The molecular weight excluding hydrogens is 484 g/mol. The summed E-state index contributed by atoms with van der Waals surface area (Å²) in [4.78, 5) is 42.4. The van der Waals surface area contributed by atoms with Crippen LogP contribution in [0.1, 0.15) is 91.4 Å². The van der Waals surface area contributed by atoms with Crippen molar-refractivity contribution in [2.24, 2.45) is 23.2 Å². The van der Waals surface area contributed by atoms with Crippen molar-refractivity contribution in [3.8, 4) is 0 Å². The molecule has 0 aromatic rings. The smallest absolute Gasteiger partial charge is 0.320 e. The average Bonchev–Trinajstić information content (AvgIpc) is 3.74. The summed E-state index contributed by atoms with van der Waals surface area (Å²) in [6.45, 7) is 8.01. The van der Waals surface area contributed by atoms with E-state index in [2.05, 4.69) is 26.1 Å². The monoisotopic (exact) mass is 534 g/mol. The number of nitrogens with one attached hydrogen (secondary N) is 1. The van der Waals surface area contributed by atoms with Crippen molar-refractivity contribution in [1.82, 2.24) is 10.2 Å². The van der Waals surface area contributed by atoms with Crippen LogP contribution >= 0.6 is 0 Å². The summed E-state index contributed by atoms with van der Waals surface area (Å²) < 4.78 is 17.1. The highest BCUT2D eigenvalue weighted by molar-refractivity contribution is 5.92. The Morgan fingerprint density at radius 1 is 1.13 bits per heavy atom. The van der Waals surface area contributed by atoms with Gasteiger partial charge in [-0.1, -0.05) is 52.9 Å². The first-order valence-corrected chi connectivity index (χ1v) is 14.8. The number of nitrogens with zero attached hydrogens (tertiary/aromatic N) is 1. The molecule has 1 aliphatic carbocycles. The van der Waals surface area contributed by atoms with Crippen LogP contribution in [-0.2, 0) is 28.6 Å². The van der Waals surface area contributed by atoms with Gasteiger partial charge in [-0.3, -0.25) is 14.4 Å². The zero-order valence-corrected chi connectivity index (χ0v) is 24.3. The molecule has 2 fully saturated rings. The van der Waals surface area contributed by atoms with Crippen LogP contribution in [0.4, 0.5) is 0 Å². The zero-order valence-electron chi connectivity index (χ0n) is 24.3. The fourth-order valence-electron chi connectivity index (χ4n) is 6.07. The Morgan fingerprint density at radius 2 is 1.84 bits per heavy atom. The number of amides is 2. The van der Waals surface area contributed by atoms with Crippen molar-refractivity contribution < 1.29 is 28.6 Å². The Kier molecular flexibility index (Phi) is 11.6. The second kappa shape index (κ2) is 14.5. The van der Waals surface area contributed by atoms with Gasteiger partial charge in [0, 0.05) is 44.8 Å². The summed E-state index contributed by atoms with van der Waals surface area (Å²) in [7, 11) is 3.05. The highest BCUT2D eigenvalue weighted by atomic mass is 16.5. The van der Waals surface area contributed by atoms with E-state index in [1.165, 1.54) is 26.4 Å². The van der Waals surface area contributed by atoms with Gasteiger partial charge in [-0.05, 0) is 50.0 Å². The third-order valence-electron chi connectivity index (χ3n) is 8.31. The summed E-state index contributed by atoms with van der Waals surface area (Å²) in [5.41, 5.74) is -0.320. The van der Waals surface area contributed by atoms with Gasteiger partial charge in [0.15, 0.2) is 0 Å². The number of unbranched alkanes of at least 4 members (excludes halogenated alkanes) is 5. The van der Waals surface area contributed by atoms with Gasteiger partial charge in [-0.25, -0.2) is 0 Å². The summed E-state index contributed by atoms with van der Waals surface area (Å²) in [5.74, 6) is -0.725. The first kappa shape index (κ1) is 30.6. The lowest BCUT2D eigenvalue weighted by Crippen LogP contribution is -2.62. The van der Waals surface area contributed by atoms with E-state index >= 15 is 0 Å². The number of carbonyl (C=O) groups excluding carboxylic acids is 3. The molecule has 3 rings (SSSR count). The number of carbonyl (C=O) groups is 3. The maximum atomic E-state index is 14.0. The predicted octanol–water partition coefficient (Wildman–Crippen LogP) is 4.61. The molecule has 0 bridgehead atoms. The van der Waals surface area contributed by atoms with Crippen LogP contribution in [0.5, 0.6) is 0 Å². The average molecular weight is 535 g/mol. The van der Waals surface area contributed by atoms with E-state index in [4.69, 9.17) is 14.2 Å². The molecular formula is C30H50N2O6. The Hall–Kier alpha value is -1.93. The molecule has 2 aliphatic heterocycles. The first-order chi connectivity index (χ1) is 18.3. The van der Waals surface area contributed by atoms with Gasteiger partial charge in [-0.2, -0.15) is 0 Å². The normalized spacial score (nSPS) is 27.2. The highest BCUT2D eigenvalue weighted by Gasteiger charge is 2.63. The van der Waals surface area contributed by atoms with Gasteiger partial charge in [-0.15, -0.1) is 0 Å². The maximum absolute atomic E-state index is 14.0. The molecule has 1 saturated heterocycles. The minimum absolute atomic E-state index is 0.0514. The summed E-state index contributed by atoms with van der Waals surface area (Å²) in [6.07, 6.45) is 11.1. The Labute approximate surface area is 229 Å². The van der Waals surface area contributed by atoms with Crippen LogP contribution in [0.15, 0.2) is 11.8 Å². The second-order valence-corrected chi connectivity index (χ2v) is 11.7. The van der Waals surface area contributed by atoms with Crippen LogP contribution in [0.2, 0.25) is 0 Å². The first-order valence-electron chi connectivity index (χ1n) is 14.8. The minimum atomic E-state index is -1.07. The molecule has 3 aliphatic rings. The van der Waals surface area contributed by atoms with Gasteiger partial charge in [0.1, 0.15) is 5.41 Å². The van der Waals surface area contributed by atoms with E-state index in [0.717, 1.165) is 37.8 Å². The predicted molar refractivity (Wildman–Crippen MR) is 146 cm³/mol. The van der Waals surface area contributed by atoms with Crippen LogP contribution in [-0.4, -0.2) is 68.8 Å². The number of rotatable bonds is 16. The van der Waals surface area contributed by atoms with E-state index in [-0.39, 0.29) is 54.7 Å². The van der Waals surface area contributed by atoms with Gasteiger partial charge in [0.05, 0.1) is 19.3 Å². The van der Waals surface area contributed by atoms with Crippen LogP contribution in [0.25, 0.3) is 0 Å². The SMILES string of the molecule is CCCCCCCCN1C(=O)[C@@H](CC(=O)NCCCOC)C[C@@]2(C(=O)OC)C1=C[C@H](C(C)C)O[C@@H]2C1CC1. The minimum Gasteiger partial charge on any atom is -0.468 e. The highest BCUT2D eigenvalue weighted by Crippen LogP contribution is 2.56. The number of piperidine rings is 1. The molecule has 1 saturated carbocycles. The lowest BCUT2D eigenvalue weighted by atomic mass is 9.64. The van der Waals surface area contributed by atoms with Crippen molar-refractivity contribution >= 4 is 17.8 Å².